The monoisotopic (exact) mass is 207 g/mol. The molecule has 15 heavy (non-hydrogen) atoms. The van der Waals surface area contributed by atoms with Crippen molar-refractivity contribution in [2.45, 2.75) is 31.8 Å². The summed E-state index contributed by atoms with van der Waals surface area (Å²) in [5.74, 6) is -0.000833. The molecule has 2 unspecified atom stereocenters. The van der Waals surface area contributed by atoms with Gasteiger partial charge in [-0.05, 0) is 38.4 Å². The highest BCUT2D eigenvalue weighted by Gasteiger charge is 2.20. The van der Waals surface area contributed by atoms with Crippen LogP contribution in [0, 0.1) is 0 Å². The van der Waals surface area contributed by atoms with Crippen molar-refractivity contribution in [3.05, 3.63) is 24.0 Å². The van der Waals surface area contributed by atoms with Crippen LogP contribution < -0.4 is 10.6 Å². The fourth-order valence-corrected chi connectivity index (χ4v) is 2.00. The van der Waals surface area contributed by atoms with E-state index in [1.54, 1.807) is 12.3 Å². The average Bonchev–Trinajstić information content (AvgIpc) is 2.70. The van der Waals surface area contributed by atoms with E-state index < -0.39 is 0 Å². The molecule has 0 spiro atoms. The Hall–Kier alpha value is -1.29. The lowest BCUT2D eigenvalue weighted by atomic mass is 10.0. The molecule has 1 aromatic rings. The van der Waals surface area contributed by atoms with Gasteiger partial charge in [0.2, 0.25) is 0 Å². The highest BCUT2D eigenvalue weighted by Crippen LogP contribution is 2.08. The van der Waals surface area contributed by atoms with Crippen molar-refractivity contribution < 1.29 is 4.79 Å². The van der Waals surface area contributed by atoms with Crippen LogP contribution in [0.15, 0.2) is 18.3 Å². The second kappa shape index (κ2) is 4.49. The summed E-state index contributed by atoms with van der Waals surface area (Å²) in [6, 6.07) is 4.42. The van der Waals surface area contributed by atoms with Gasteiger partial charge in [-0.2, -0.15) is 0 Å². The van der Waals surface area contributed by atoms with E-state index >= 15 is 0 Å². The molecule has 3 N–H and O–H groups in total. The smallest absolute Gasteiger partial charge is 0.267 e. The molecule has 1 aromatic heterocycles. The highest BCUT2D eigenvalue weighted by molar-refractivity contribution is 5.92. The molecule has 1 aliphatic heterocycles. The van der Waals surface area contributed by atoms with Crippen LogP contribution in [0.4, 0.5) is 0 Å². The van der Waals surface area contributed by atoms with E-state index in [1.807, 2.05) is 6.07 Å². The lowest BCUT2D eigenvalue weighted by Crippen LogP contribution is -2.46. The summed E-state index contributed by atoms with van der Waals surface area (Å²) < 4.78 is 0. The summed E-state index contributed by atoms with van der Waals surface area (Å²) >= 11 is 0. The first-order valence-corrected chi connectivity index (χ1v) is 5.43. The zero-order valence-corrected chi connectivity index (χ0v) is 8.92. The maximum atomic E-state index is 11.7. The molecule has 0 aliphatic carbocycles. The molecule has 82 valence electrons. The fraction of sp³-hybridized carbons (Fsp3) is 0.545. The number of carbonyl (C=O) groups excluding carboxylic acids is 1. The van der Waals surface area contributed by atoms with Crippen LogP contribution >= 0.6 is 0 Å². The first-order valence-electron chi connectivity index (χ1n) is 5.43. The van der Waals surface area contributed by atoms with Gasteiger partial charge in [0.25, 0.3) is 5.91 Å². The van der Waals surface area contributed by atoms with Crippen molar-refractivity contribution in [1.82, 2.24) is 15.6 Å². The number of carbonyl (C=O) groups is 1. The van der Waals surface area contributed by atoms with Crippen molar-refractivity contribution in [2.75, 3.05) is 6.54 Å². The Morgan fingerprint density at radius 3 is 3.13 bits per heavy atom. The minimum atomic E-state index is -0.000833. The molecule has 2 heterocycles. The van der Waals surface area contributed by atoms with E-state index in [2.05, 4.69) is 22.5 Å². The molecular formula is C11H17N3O. The topological polar surface area (TPSA) is 56.9 Å². The van der Waals surface area contributed by atoms with Gasteiger partial charge < -0.3 is 15.6 Å². The normalized spacial score (nSPS) is 26.2. The Bertz CT molecular complexity index is 321. The maximum absolute atomic E-state index is 11.7. The molecule has 0 aromatic carbocycles. The van der Waals surface area contributed by atoms with Crippen LogP contribution in [0.3, 0.4) is 0 Å². The number of amides is 1. The van der Waals surface area contributed by atoms with Gasteiger partial charge >= 0.3 is 0 Å². The largest absolute Gasteiger partial charge is 0.357 e. The van der Waals surface area contributed by atoms with E-state index in [4.69, 9.17) is 0 Å². The summed E-state index contributed by atoms with van der Waals surface area (Å²) in [7, 11) is 0. The van der Waals surface area contributed by atoms with E-state index in [9.17, 15) is 4.79 Å². The number of hydrogen-bond acceptors (Lipinski definition) is 2. The van der Waals surface area contributed by atoms with Crippen LogP contribution in [-0.4, -0.2) is 29.5 Å². The van der Waals surface area contributed by atoms with E-state index in [1.165, 1.54) is 0 Å². The van der Waals surface area contributed by atoms with Gasteiger partial charge in [-0.25, -0.2) is 0 Å². The molecule has 1 aliphatic rings. The molecule has 0 radical (unpaired) electrons. The zero-order valence-electron chi connectivity index (χ0n) is 8.92. The number of nitrogens with one attached hydrogen (secondary N) is 3. The van der Waals surface area contributed by atoms with E-state index in [0.717, 1.165) is 19.4 Å². The van der Waals surface area contributed by atoms with Gasteiger partial charge in [0.15, 0.2) is 0 Å². The van der Waals surface area contributed by atoms with Gasteiger partial charge in [-0.1, -0.05) is 0 Å². The van der Waals surface area contributed by atoms with Crippen LogP contribution in [0.1, 0.15) is 30.3 Å². The van der Waals surface area contributed by atoms with Crippen molar-refractivity contribution in [3.63, 3.8) is 0 Å². The molecule has 0 bridgehead atoms. The second-order valence-electron chi connectivity index (χ2n) is 4.13. The summed E-state index contributed by atoms with van der Waals surface area (Å²) in [4.78, 5) is 14.6. The molecule has 0 saturated carbocycles. The van der Waals surface area contributed by atoms with Gasteiger partial charge in [-0.15, -0.1) is 0 Å². The zero-order chi connectivity index (χ0) is 10.7. The summed E-state index contributed by atoms with van der Waals surface area (Å²) in [6.07, 6.45) is 3.78. The number of hydrogen-bond donors (Lipinski definition) is 3. The third kappa shape index (κ3) is 2.59. The van der Waals surface area contributed by atoms with E-state index in [0.29, 0.717) is 17.8 Å². The molecule has 1 fully saturated rings. The standard InChI is InChI=1S/C11H17N3O/c1-8-7-9(4-6-12-8)14-11(15)10-3-2-5-13-10/h2-3,5,8-9,12-13H,4,6-7H2,1H3,(H,14,15). The van der Waals surface area contributed by atoms with Crippen molar-refractivity contribution in [2.24, 2.45) is 0 Å². The SMILES string of the molecule is CC1CC(NC(=O)c2ccc[nH]2)CCN1. The van der Waals surface area contributed by atoms with Gasteiger partial charge in [0, 0.05) is 18.3 Å². The number of piperidine rings is 1. The van der Waals surface area contributed by atoms with Gasteiger partial charge in [0.05, 0.1) is 0 Å². The number of rotatable bonds is 2. The predicted octanol–water partition coefficient (Wildman–Crippen LogP) is 0.885. The van der Waals surface area contributed by atoms with Crippen LogP contribution in [-0.2, 0) is 0 Å². The van der Waals surface area contributed by atoms with Crippen molar-refractivity contribution in [1.29, 1.82) is 0 Å². The van der Waals surface area contributed by atoms with Crippen LogP contribution in [0.25, 0.3) is 0 Å². The molecule has 1 amide bonds. The lowest BCUT2D eigenvalue weighted by molar-refractivity contribution is 0.0921. The summed E-state index contributed by atoms with van der Waals surface area (Å²) in [6.45, 7) is 3.13. The van der Waals surface area contributed by atoms with Crippen LogP contribution in [0.5, 0.6) is 0 Å². The van der Waals surface area contributed by atoms with Gasteiger partial charge in [-0.3, -0.25) is 4.79 Å². The minimum Gasteiger partial charge on any atom is -0.357 e. The summed E-state index contributed by atoms with van der Waals surface area (Å²) in [5.41, 5.74) is 0.640. The molecule has 2 atom stereocenters. The number of aromatic nitrogens is 1. The first kappa shape index (κ1) is 10.2. The summed E-state index contributed by atoms with van der Waals surface area (Å²) in [5, 5.41) is 6.40. The Balaban J connectivity index is 1.89. The van der Waals surface area contributed by atoms with Crippen molar-refractivity contribution >= 4 is 5.91 Å². The molecular weight excluding hydrogens is 190 g/mol. The lowest BCUT2D eigenvalue weighted by Gasteiger charge is -2.28. The number of aromatic amines is 1. The fourth-order valence-electron chi connectivity index (χ4n) is 2.00. The highest BCUT2D eigenvalue weighted by atomic mass is 16.1. The predicted molar refractivity (Wildman–Crippen MR) is 58.7 cm³/mol. The molecule has 2 rings (SSSR count). The van der Waals surface area contributed by atoms with Crippen molar-refractivity contribution in [3.8, 4) is 0 Å². The first-order chi connectivity index (χ1) is 7.25. The van der Waals surface area contributed by atoms with E-state index in [-0.39, 0.29) is 5.91 Å². The Morgan fingerprint density at radius 2 is 2.47 bits per heavy atom. The number of H-pyrrole nitrogens is 1. The molecule has 4 heteroatoms. The Labute approximate surface area is 89.5 Å². The quantitative estimate of drug-likeness (QED) is 0.674. The van der Waals surface area contributed by atoms with Gasteiger partial charge in [0.1, 0.15) is 5.69 Å². The maximum Gasteiger partial charge on any atom is 0.267 e. The average molecular weight is 207 g/mol. The minimum absolute atomic E-state index is 0.000833. The van der Waals surface area contributed by atoms with Crippen LogP contribution in [0.2, 0.25) is 0 Å². The second-order valence-corrected chi connectivity index (χ2v) is 4.13. The third-order valence-electron chi connectivity index (χ3n) is 2.80. The molecule has 1 saturated heterocycles. The Morgan fingerprint density at radius 1 is 1.60 bits per heavy atom. The third-order valence-corrected chi connectivity index (χ3v) is 2.80. The molecule has 4 nitrogen and oxygen atoms in total. The Kier molecular flexibility index (Phi) is 3.06.